The zero-order valence-corrected chi connectivity index (χ0v) is 15.6. The van der Waals surface area contributed by atoms with E-state index in [-0.39, 0.29) is 24.9 Å². The van der Waals surface area contributed by atoms with Crippen molar-refractivity contribution in [3.8, 4) is 0 Å². The molecule has 0 saturated carbocycles. The van der Waals surface area contributed by atoms with Crippen LogP contribution < -0.4 is 5.32 Å². The SMILES string of the molecule is CCS(=O)(=O)c1ccc(NC(=O)C(C)(O)C(F)(F)F)c(Cl)c1I. The highest BCUT2D eigenvalue weighted by molar-refractivity contribution is 14.1. The number of halogens is 5. The largest absolute Gasteiger partial charge is 0.426 e. The summed E-state index contributed by atoms with van der Waals surface area (Å²) in [4.78, 5) is 11.5. The van der Waals surface area contributed by atoms with Crippen molar-refractivity contribution in [3.05, 3.63) is 20.7 Å². The Morgan fingerprint density at radius 1 is 1.39 bits per heavy atom. The van der Waals surface area contributed by atoms with E-state index in [0.29, 0.717) is 6.92 Å². The molecule has 1 unspecified atom stereocenters. The summed E-state index contributed by atoms with van der Waals surface area (Å²) in [6.07, 6.45) is -5.18. The lowest BCUT2D eigenvalue weighted by atomic mass is 10.1. The minimum atomic E-state index is -5.18. The van der Waals surface area contributed by atoms with Gasteiger partial charge in [0.15, 0.2) is 9.84 Å². The number of benzene rings is 1. The Morgan fingerprint density at radius 3 is 2.35 bits per heavy atom. The molecule has 1 amide bonds. The Kier molecular flexibility index (Phi) is 5.98. The number of aliphatic hydroxyl groups is 1. The van der Waals surface area contributed by atoms with Gasteiger partial charge in [-0.2, -0.15) is 13.2 Å². The van der Waals surface area contributed by atoms with E-state index >= 15 is 0 Å². The summed E-state index contributed by atoms with van der Waals surface area (Å²) in [6, 6.07) is 2.20. The van der Waals surface area contributed by atoms with E-state index in [1.165, 1.54) is 6.92 Å². The highest BCUT2D eigenvalue weighted by atomic mass is 127. The molecule has 2 N–H and O–H groups in total. The summed E-state index contributed by atoms with van der Waals surface area (Å²) in [6.45, 7) is 1.73. The first-order valence-electron chi connectivity index (χ1n) is 6.07. The standard InChI is InChI=1S/C12H12ClF3INO4S/c1-3-23(21,22)7-5-4-6(8(13)9(7)17)18-10(19)11(2,20)12(14,15)16/h4-5,20H,3H2,1-2H3,(H,18,19). The lowest BCUT2D eigenvalue weighted by molar-refractivity contribution is -0.242. The number of rotatable bonds is 4. The fourth-order valence-electron chi connectivity index (χ4n) is 1.40. The van der Waals surface area contributed by atoms with Crippen LogP contribution in [0.4, 0.5) is 18.9 Å². The van der Waals surface area contributed by atoms with Gasteiger partial charge < -0.3 is 10.4 Å². The number of hydrogen-bond acceptors (Lipinski definition) is 4. The van der Waals surface area contributed by atoms with Crippen LogP contribution in [0.3, 0.4) is 0 Å². The van der Waals surface area contributed by atoms with Gasteiger partial charge in [0, 0.05) is 0 Å². The van der Waals surface area contributed by atoms with Crippen molar-refractivity contribution in [1.82, 2.24) is 0 Å². The normalized spacial score (nSPS) is 15.1. The van der Waals surface area contributed by atoms with Gasteiger partial charge in [0.25, 0.3) is 5.91 Å². The van der Waals surface area contributed by atoms with Crippen molar-refractivity contribution in [3.63, 3.8) is 0 Å². The van der Waals surface area contributed by atoms with Gasteiger partial charge in [-0.3, -0.25) is 4.79 Å². The second-order valence-corrected chi connectivity index (χ2v) is 8.37. The molecule has 0 aliphatic carbocycles. The molecule has 0 bridgehead atoms. The van der Waals surface area contributed by atoms with Gasteiger partial charge in [-0.1, -0.05) is 18.5 Å². The third kappa shape index (κ3) is 4.09. The van der Waals surface area contributed by atoms with Crippen LogP contribution in [-0.4, -0.2) is 37.0 Å². The molecule has 0 aliphatic rings. The molecule has 1 rings (SSSR count). The molecule has 1 aromatic rings. The molecule has 0 radical (unpaired) electrons. The minimum Gasteiger partial charge on any atom is -0.373 e. The van der Waals surface area contributed by atoms with Crippen molar-refractivity contribution in [2.24, 2.45) is 0 Å². The first kappa shape index (κ1) is 20.5. The predicted molar refractivity (Wildman–Crippen MR) is 87.2 cm³/mol. The first-order valence-corrected chi connectivity index (χ1v) is 9.18. The average Bonchev–Trinajstić information content (AvgIpc) is 2.42. The molecule has 11 heteroatoms. The second kappa shape index (κ2) is 6.73. The van der Waals surface area contributed by atoms with Crippen molar-refractivity contribution in [2.75, 3.05) is 11.1 Å². The van der Waals surface area contributed by atoms with Crippen LogP contribution in [0.25, 0.3) is 0 Å². The summed E-state index contributed by atoms with van der Waals surface area (Å²) in [5, 5.41) is 10.9. The molecule has 23 heavy (non-hydrogen) atoms. The van der Waals surface area contributed by atoms with Gasteiger partial charge in [0.1, 0.15) is 0 Å². The molecule has 0 spiro atoms. The van der Waals surface area contributed by atoms with Gasteiger partial charge in [0.05, 0.1) is 24.9 Å². The van der Waals surface area contributed by atoms with Gasteiger partial charge in [-0.25, -0.2) is 8.42 Å². The number of carbonyl (C=O) groups excluding carboxylic acids is 1. The average molecular weight is 486 g/mol. The number of anilines is 1. The molecule has 0 aromatic heterocycles. The monoisotopic (exact) mass is 485 g/mol. The predicted octanol–water partition coefficient (Wildman–Crippen LogP) is 2.99. The second-order valence-electron chi connectivity index (χ2n) is 4.67. The van der Waals surface area contributed by atoms with E-state index in [4.69, 9.17) is 11.6 Å². The molecule has 0 fully saturated rings. The third-order valence-electron chi connectivity index (χ3n) is 3.00. The van der Waals surface area contributed by atoms with Crippen molar-refractivity contribution in [2.45, 2.75) is 30.5 Å². The van der Waals surface area contributed by atoms with Crippen molar-refractivity contribution in [1.29, 1.82) is 0 Å². The Morgan fingerprint density at radius 2 is 1.91 bits per heavy atom. The number of nitrogens with one attached hydrogen (secondary N) is 1. The fourth-order valence-corrected chi connectivity index (χ4v) is 4.10. The van der Waals surface area contributed by atoms with E-state index in [9.17, 15) is 31.5 Å². The number of alkyl halides is 3. The summed E-state index contributed by atoms with van der Waals surface area (Å²) < 4.78 is 61.6. The molecule has 5 nitrogen and oxygen atoms in total. The molecule has 1 atom stereocenters. The van der Waals surface area contributed by atoms with Gasteiger partial charge in [-0.15, -0.1) is 0 Å². The highest BCUT2D eigenvalue weighted by Crippen LogP contribution is 2.35. The quantitative estimate of drug-likeness (QED) is 0.643. The van der Waals surface area contributed by atoms with Crippen molar-refractivity contribution >= 4 is 55.6 Å². The van der Waals surface area contributed by atoms with Crippen LogP contribution >= 0.6 is 34.2 Å². The van der Waals surface area contributed by atoms with Crippen LogP contribution in [0.5, 0.6) is 0 Å². The van der Waals surface area contributed by atoms with Gasteiger partial charge in [-0.05, 0) is 41.6 Å². The molecular formula is C12H12ClF3INO4S. The number of sulfone groups is 1. The number of amides is 1. The number of carbonyl (C=O) groups is 1. The fraction of sp³-hybridized carbons (Fsp3) is 0.417. The molecule has 0 aliphatic heterocycles. The molecule has 0 heterocycles. The molecule has 1 aromatic carbocycles. The zero-order valence-electron chi connectivity index (χ0n) is 11.8. The Hall–Kier alpha value is -0.590. The topological polar surface area (TPSA) is 83.5 Å². The third-order valence-corrected chi connectivity index (χ3v) is 6.97. The van der Waals surface area contributed by atoms with Crippen LogP contribution in [0.15, 0.2) is 17.0 Å². The zero-order chi connectivity index (χ0) is 18.2. The summed E-state index contributed by atoms with van der Waals surface area (Å²) in [5.41, 5.74) is -3.85. The highest BCUT2D eigenvalue weighted by Gasteiger charge is 2.55. The van der Waals surface area contributed by atoms with E-state index in [1.807, 2.05) is 5.32 Å². The Labute approximate surface area is 149 Å². The van der Waals surface area contributed by atoms with E-state index < -0.39 is 27.5 Å². The first-order chi connectivity index (χ1) is 10.3. The summed E-state index contributed by atoms with van der Waals surface area (Å²) >= 11 is 7.54. The molecule has 0 saturated heterocycles. The van der Waals surface area contributed by atoms with Crippen LogP contribution in [0.1, 0.15) is 13.8 Å². The molecule has 130 valence electrons. The molecular weight excluding hydrogens is 474 g/mol. The number of hydrogen-bond donors (Lipinski definition) is 2. The van der Waals surface area contributed by atoms with Crippen LogP contribution in [0, 0.1) is 3.57 Å². The lowest BCUT2D eigenvalue weighted by Crippen LogP contribution is -2.52. The van der Waals surface area contributed by atoms with Gasteiger partial charge >= 0.3 is 6.18 Å². The maximum Gasteiger partial charge on any atom is 0.426 e. The van der Waals surface area contributed by atoms with E-state index in [0.717, 1.165) is 12.1 Å². The van der Waals surface area contributed by atoms with Crippen LogP contribution in [-0.2, 0) is 14.6 Å². The van der Waals surface area contributed by atoms with Crippen molar-refractivity contribution < 1.29 is 31.5 Å². The summed E-state index contributed by atoms with van der Waals surface area (Å²) in [5.74, 6) is -1.91. The van der Waals surface area contributed by atoms with E-state index in [1.54, 1.807) is 22.6 Å². The lowest BCUT2D eigenvalue weighted by Gasteiger charge is -2.25. The maximum atomic E-state index is 12.6. The van der Waals surface area contributed by atoms with Crippen LogP contribution in [0.2, 0.25) is 5.02 Å². The summed E-state index contributed by atoms with van der Waals surface area (Å²) in [7, 11) is -3.58. The van der Waals surface area contributed by atoms with Gasteiger partial charge in [0.2, 0.25) is 5.60 Å². The maximum absolute atomic E-state index is 12.6. The Balaban J connectivity index is 3.24. The van der Waals surface area contributed by atoms with E-state index in [2.05, 4.69) is 0 Å². The Bertz CT molecular complexity index is 735. The minimum absolute atomic E-state index is 0.0653. The smallest absolute Gasteiger partial charge is 0.373 e.